The molecule has 1 unspecified atom stereocenters. The zero-order valence-electron chi connectivity index (χ0n) is 11.7. The van der Waals surface area contributed by atoms with E-state index in [1.807, 2.05) is 34.0 Å². The van der Waals surface area contributed by atoms with Gasteiger partial charge in [-0.05, 0) is 34.0 Å². The van der Waals surface area contributed by atoms with Crippen LogP contribution in [-0.4, -0.2) is 28.0 Å². The van der Waals surface area contributed by atoms with Crippen LogP contribution in [0.1, 0.15) is 34.1 Å². The summed E-state index contributed by atoms with van der Waals surface area (Å²) in [7, 11) is -3.16. The summed E-state index contributed by atoms with van der Waals surface area (Å²) in [6.07, 6.45) is 6.67. The van der Waals surface area contributed by atoms with Gasteiger partial charge < -0.3 is 9.05 Å². The maximum Gasteiger partial charge on any atom is 0.357 e. The quantitative estimate of drug-likeness (QED) is 0.523. The van der Waals surface area contributed by atoms with Gasteiger partial charge in [-0.2, -0.15) is 0 Å². The molecule has 1 heterocycles. The highest BCUT2D eigenvalue weighted by Gasteiger charge is 2.52. The first kappa shape index (κ1) is 16.6. The molecule has 6 heteroatoms. The van der Waals surface area contributed by atoms with Crippen LogP contribution in [0.3, 0.4) is 0 Å². The molecule has 18 heavy (non-hydrogen) atoms. The molecule has 0 aromatic carbocycles. The number of hydrogen-bond acceptors (Lipinski definition) is 5. The van der Waals surface area contributed by atoms with Crippen molar-refractivity contribution in [3.05, 3.63) is 12.2 Å². The van der Waals surface area contributed by atoms with Crippen LogP contribution in [0.15, 0.2) is 12.2 Å². The molecular formula is C12H23O3PS2. The van der Waals surface area contributed by atoms with E-state index >= 15 is 0 Å². The van der Waals surface area contributed by atoms with Crippen molar-refractivity contribution >= 4 is 31.1 Å². The minimum Gasteiger partial charge on any atom is -0.304 e. The molecule has 1 atom stereocenters. The molecule has 0 fully saturated rings. The summed E-state index contributed by atoms with van der Waals surface area (Å²) in [4.78, 5) is 0. The monoisotopic (exact) mass is 310 g/mol. The Hall–Kier alpha value is 0.590. The van der Waals surface area contributed by atoms with E-state index in [9.17, 15) is 4.57 Å². The standard InChI is InChI=1S/C12H23O3PS2/c1-10(2)14-16(13,15-11(3)4)12(17-5)8-6-7-9-18-12/h6-7,10-11H,8-9H2,1-5H3. The topological polar surface area (TPSA) is 35.5 Å². The van der Waals surface area contributed by atoms with Crippen LogP contribution in [0.2, 0.25) is 0 Å². The van der Waals surface area contributed by atoms with E-state index in [0.717, 1.165) is 12.2 Å². The fourth-order valence-corrected chi connectivity index (χ4v) is 7.45. The Morgan fingerprint density at radius 2 is 1.78 bits per heavy atom. The Balaban J connectivity index is 3.06. The summed E-state index contributed by atoms with van der Waals surface area (Å²) in [5.41, 5.74) is 0. The van der Waals surface area contributed by atoms with Gasteiger partial charge in [-0.3, -0.25) is 4.57 Å². The van der Waals surface area contributed by atoms with Crippen LogP contribution in [0.5, 0.6) is 0 Å². The third-order valence-electron chi connectivity index (χ3n) is 2.38. The summed E-state index contributed by atoms with van der Waals surface area (Å²) in [5, 5.41) is 0. The van der Waals surface area contributed by atoms with Crippen molar-refractivity contribution in [2.45, 2.75) is 50.1 Å². The van der Waals surface area contributed by atoms with E-state index in [4.69, 9.17) is 9.05 Å². The van der Waals surface area contributed by atoms with Crippen molar-refractivity contribution in [1.29, 1.82) is 0 Å². The molecule has 0 radical (unpaired) electrons. The van der Waals surface area contributed by atoms with Crippen molar-refractivity contribution in [2.75, 3.05) is 12.0 Å². The molecule has 0 aromatic rings. The second-order valence-corrected chi connectivity index (χ2v) is 10.2. The molecule has 0 aromatic heterocycles. The highest BCUT2D eigenvalue weighted by atomic mass is 32.2. The van der Waals surface area contributed by atoms with Crippen molar-refractivity contribution in [1.82, 2.24) is 0 Å². The predicted octanol–water partition coefficient (Wildman–Crippen LogP) is 4.74. The first-order valence-electron chi connectivity index (χ1n) is 6.16. The highest BCUT2D eigenvalue weighted by Crippen LogP contribution is 2.72. The van der Waals surface area contributed by atoms with Gasteiger partial charge in [0.05, 0.1) is 12.2 Å². The fraction of sp³-hybridized carbons (Fsp3) is 0.833. The van der Waals surface area contributed by atoms with Crippen molar-refractivity contribution in [3.8, 4) is 0 Å². The van der Waals surface area contributed by atoms with Gasteiger partial charge in [-0.1, -0.05) is 12.2 Å². The minimum atomic E-state index is -3.16. The Labute approximate surface area is 119 Å². The molecule has 1 aliphatic rings. The number of rotatable bonds is 6. The zero-order valence-corrected chi connectivity index (χ0v) is 14.2. The molecule has 0 amide bonds. The van der Waals surface area contributed by atoms with Gasteiger partial charge in [0.2, 0.25) is 0 Å². The van der Waals surface area contributed by atoms with E-state index in [1.165, 1.54) is 0 Å². The highest BCUT2D eigenvalue weighted by molar-refractivity contribution is 8.25. The van der Waals surface area contributed by atoms with E-state index < -0.39 is 11.4 Å². The molecule has 0 spiro atoms. The summed E-state index contributed by atoms with van der Waals surface area (Å²) in [5.74, 6) is 0.855. The predicted molar refractivity (Wildman–Crippen MR) is 82.5 cm³/mol. The Morgan fingerprint density at radius 3 is 2.11 bits per heavy atom. The largest absolute Gasteiger partial charge is 0.357 e. The lowest BCUT2D eigenvalue weighted by molar-refractivity contribution is 0.139. The van der Waals surface area contributed by atoms with Crippen molar-refractivity contribution in [3.63, 3.8) is 0 Å². The zero-order chi connectivity index (χ0) is 13.8. The van der Waals surface area contributed by atoms with Crippen LogP contribution in [0.4, 0.5) is 0 Å². The SMILES string of the molecule is CSC1(P(=O)(OC(C)C)OC(C)C)CC=CCS1. The molecule has 1 rings (SSSR count). The molecule has 0 N–H and O–H groups in total. The molecule has 3 nitrogen and oxygen atoms in total. The van der Waals surface area contributed by atoms with E-state index in [0.29, 0.717) is 0 Å². The van der Waals surface area contributed by atoms with E-state index in [1.54, 1.807) is 23.5 Å². The normalized spacial score (nSPS) is 25.1. The molecule has 106 valence electrons. The van der Waals surface area contributed by atoms with Crippen LogP contribution in [0.25, 0.3) is 0 Å². The van der Waals surface area contributed by atoms with E-state index in [2.05, 4.69) is 12.2 Å². The summed E-state index contributed by atoms with van der Waals surface area (Å²) < 4.78 is 24.2. The number of thioether (sulfide) groups is 2. The van der Waals surface area contributed by atoms with Crippen molar-refractivity contribution < 1.29 is 13.6 Å². The van der Waals surface area contributed by atoms with Crippen molar-refractivity contribution in [2.24, 2.45) is 0 Å². The lowest BCUT2D eigenvalue weighted by atomic mass is 10.4. The van der Waals surface area contributed by atoms with Crippen LogP contribution < -0.4 is 0 Å². The summed E-state index contributed by atoms with van der Waals surface area (Å²) in [6, 6.07) is 0. The number of allylic oxidation sites excluding steroid dienone is 1. The Bertz CT molecular complexity index is 330. The van der Waals surface area contributed by atoms with Gasteiger partial charge in [-0.25, -0.2) is 0 Å². The first-order valence-corrected chi connectivity index (χ1v) is 9.91. The van der Waals surface area contributed by atoms with Gasteiger partial charge >= 0.3 is 7.60 Å². The van der Waals surface area contributed by atoms with Crippen LogP contribution in [-0.2, 0) is 13.6 Å². The minimum absolute atomic E-state index is 0.106. The lowest BCUT2D eigenvalue weighted by Crippen LogP contribution is -2.27. The second-order valence-electron chi connectivity index (χ2n) is 4.71. The maximum absolute atomic E-state index is 13.2. The smallest absolute Gasteiger partial charge is 0.304 e. The van der Waals surface area contributed by atoms with Crippen LogP contribution in [0, 0.1) is 0 Å². The molecule has 0 saturated heterocycles. The average molecular weight is 310 g/mol. The Morgan fingerprint density at radius 1 is 1.22 bits per heavy atom. The first-order chi connectivity index (χ1) is 8.35. The average Bonchev–Trinajstić information content (AvgIpc) is 2.27. The number of hydrogen-bond donors (Lipinski definition) is 0. The van der Waals surface area contributed by atoms with Gasteiger partial charge in [-0.15, -0.1) is 23.5 Å². The lowest BCUT2D eigenvalue weighted by Gasteiger charge is -2.39. The Kier molecular flexibility index (Phi) is 6.33. The molecule has 1 aliphatic heterocycles. The third kappa shape index (κ3) is 3.80. The summed E-state index contributed by atoms with van der Waals surface area (Å²) >= 11 is 3.25. The molecular weight excluding hydrogens is 287 g/mol. The summed E-state index contributed by atoms with van der Waals surface area (Å²) in [6.45, 7) is 7.59. The van der Waals surface area contributed by atoms with Gasteiger partial charge in [0.15, 0.2) is 3.82 Å². The van der Waals surface area contributed by atoms with Gasteiger partial charge in [0.1, 0.15) is 0 Å². The van der Waals surface area contributed by atoms with Gasteiger partial charge in [0, 0.05) is 12.2 Å². The fourth-order valence-electron chi connectivity index (χ4n) is 1.72. The molecule has 0 bridgehead atoms. The molecule has 0 aliphatic carbocycles. The van der Waals surface area contributed by atoms with Gasteiger partial charge in [0.25, 0.3) is 0 Å². The maximum atomic E-state index is 13.2. The molecule has 0 saturated carbocycles. The van der Waals surface area contributed by atoms with Crippen LogP contribution >= 0.6 is 31.1 Å². The second kappa shape index (κ2) is 6.85. The third-order valence-corrected chi connectivity index (χ3v) is 9.71. The van der Waals surface area contributed by atoms with E-state index in [-0.39, 0.29) is 12.2 Å².